The lowest BCUT2D eigenvalue weighted by molar-refractivity contribution is -0.155. The van der Waals surface area contributed by atoms with Crippen LogP contribution in [0.2, 0.25) is 0 Å². The van der Waals surface area contributed by atoms with E-state index in [0.29, 0.717) is 24.4 Å². The molecule has 0 saturated heterocycles. The summed E-state index contributed by atoms with van der Waals surface area (Å²) >= 11 is 0. The Morgan fingerprint density at radius 1 is 1.14 bits per heavy atom. The van der Waals surface area contributed by atoms with Gasteiger partial charge in [0.05, 0.1) is 12.1 Å². The summed E-state index contributed by atoms with van der Waals surface area (Å²) in [6.07, 6.45) is 2.61. The van der Waals surface area contributed by atoms with Crippen LogP contribution in [0, 0.1) is 0 Å². The van der Waals surface area contributed by atoms with Gasteiger partial charge in [0.15, 0.2) is 5.84 Å². The zero-order valence-corrected chi connectivity index (χ0v) is 17.0. The maximum atomic E-state index is 12.9. The smallest absolute Gasteiger partial charge is 0.336 e. The number of oxime groups is 1. The predicted molar refractivity (Wildman–Crippen MR) is 112 cm³/mol. The fourth-order valence-electron chi connectivity index (χ4n) is 3.27. The Labute approximate surface area is 170 Å². The van der Waals surface area contributed by atoms with E-state index in [-0.39, 0.29) is 11.5 Å². The number of carboxylic acids is 1. The molecule has 0 radical (unpaired) electrons. The van der Waals surface area contributed by atoms with Gasteiger partial charge in [0.25, 0.3) is 5.91 Å². The number of hydrogen-bond donors (Lipinski definition) is 1. The average Bonchev–Trinajstić information content (AvgIpc) is 2.71. The summed E-state index contributed by atoms with van der Waals surface area (Å²) in [4.78, 5) is 31.5. The van der Waals surface area contributed by atoms with Crippen LogP contribution in [0.1, 0.15) is 56.0 Å². The molecule has 1 heterocycles. The minimum Gasteiger partial charge on any atom is -0.478 e. The van der Waals surface area contributed by atoms with Crippen LogP contribution in [-0.2, 0) is 16.2 Å². The molecular formula is C23H26N2O4. The third-order valence-electron chi connectivity index (χ3n) is 4.97. The molecule has 1 amide bonds. The second-order valence-corrected chi connectivity index (χ2v) is 7.65. The maximum Gasteiger partial charge on any atom is 0.336 e. The van der Waals surface area contributed by atoms with Gasteiger partial charge in [-0.2, -0.15) is 0 Å². The molecule has 1 aliphatic rings. The average molecular weight is 394 g/mol. The van der Waals surface area contributed by atoms with Crippen LogP contribution in [-0.4, -0.2) is 33.3 Å². The van der Waals surface area contributed by atoms with Crippen molar-refractivity contribution in [2.24, 2.45) is 5.16 Å². The summed E-state index contributed by atoms with van der Waals surface area (Å²) in [5.41, 5.74) is 1.70. The third kappa shape index (κ3) is 4.47. The molecule has 6 nitrogen and oxygen atoms in total. The quantitative estimate of drug-likeness (QED) is 0.739. The first kappa shape index (κ1) is 20.6. The van der Waals surface area contributed by atoms with E-state index in [1.165, 1.54) is 0 Å². The van der Waals surface area contributed by atoms with Crippen LogP contribution >= 0.6 is 0 Å². The van der Waals surface area contributed by atoms with E-state index in [0.717, 1.165) is 24.0 Å². The van der Waals surface area contributed by atoms with Gasteiger partial charge in [-0.1, -0.05) is 61.0 Å². The first-order chi connectivity index (χ1) is 13.8. The molecule has 3 rings (SSSR count). The maximum absolute atomic E-state index is 12.9. The van der Waals surface area contributed by atoms with Crippen molar-refractivity contribution >= 4 is 17.7 Å². The molecular weight excluding hydrogens is 368 g/mol. The van der Waals surface area contributed by atoms with Crippen molar-refractivity contribution in [2.45, 2.75) is 52.2 Å². The van der Waals surface area contributed by atoms with Crippen LogP contribution in [0.25, 0.3) is 11.1 Å². The SMILES string of the molecule is CCCCC1=NOC(C)(C)C(=O)N1Cc1ccc(-c2ccccc2C(=O)O)cc1. The Balaban J connectivity index is 1.84. The highest BCUT2D eigenvalue weighted by atomic mass is 16.7. The molecule has 0 saturated carbocycles. The van der Waals surface area contributed by atoms with E-state index in [2.05, 4.69) is 12.1 Å². The van der Waals surface area contributed by atoms with Gasteiger partial charge in [0, 0.05) is 6.42 Å². The van der Waals surface area contributed by atoms with Crippen LogP contribution in [0.4, 0.5) is 0 Å². The standard InChI is InChI=1S/C23H26N2O4/c1-4-5-10-20-24-29-23(2,3)22(28)25(20)15-16-11-13-17(14-12-16)18-8-6-7-9-19(18)21(26)27/h6-9,11-14H,4-5,10,15H2,1-3H3,(H,26,27). The molecule has 0 spiro atoms. The summed E-state index contributed by atoms with van der Waals surface area (Å²) in [6.45, 7) is 5.92. The lowest BCUT2D eigenvalue weighted by Gasteiger charge is -2.35. The van der Waals surface area contributed by atoms with E-state index in [9.17, 15) is 14.7 Å². The van der Waals surface area contributed by atoms with E-state index in [4.69, 9.17) is 4.84 Å². The fraction of sp³-hybridized carbons (Fsp3) is 0.348. The van der Waals surface area contributed by atoms with Crippen molar-refractivity contribution in [3.05, 3.63) is 59.7 Å². The largest absolute Gasteiger partial charge is 0.478 e. The predicted octanol–water partition coefficient (Wildman–Crippen LogP) is 4.69. The molecule has 2 aromatic rings. The van der Waals surface area contributed by atoms with Gasteiger partial charge in [0.2, 0.25) is 5.60 Å². The Hall–Kier alpha value is -3.15. The molecule has 1 N–H and O–H groups in total. The number of carboxylic acid groups (broad SMARTS) is 1. The Morgan fingerprint density at radius 3 is 2.48 bits per heavy atom. The van der Waals surface area contributed by atoms with E-state index in [1.54, 1.807) is 36.9 Å². The topological polar surface area (TPSA) is 79.2 Å². The van der Waals surface area contributed by atoms with Crippen LogP contribution in [0.3, 0.4) is 0 Å². The first-order valence-corrected chi connectivity index (χ1v) is 9.82. The molecule has 29 heavy (non-hydrogen) atoms. The first-order valence-electron chi connectivity index (χ1n) is 9.82. The zero-order valence-electron chi connectivity index (χ0n) is 17.0. The number of carbonyl (C=O) groups excluding carboxylic acids is 1. The number of unbranched alkanes of at least 4 members (excludes halogenated alkanes) is 1. The van der Waals surface area contributed by atoms with E-state index >= 15 is 0 Å². The van der Waals surface area contributed by atoms with Gasteiger partial charge < -0.3 is 9.94 Å². The molecule has 0 bridgehead atoms. The Bertz CT molecular complexity index is 932. The number of amides is 1. The second-order valence-electron chi connectivity index (χ2n) is 7.65. The molecule has 1 aliphatic heterocycles. The Kier molecular flexibility index (Phi) is 6.01. The summed E-state index contributed by atoms with van der Waals surface area (Å²) in [6, 6.07) is 14.5. The zero-order chi connectivity index (χ0) is 21.0. The number of hydrogen-bond acceptors (Lipinski definition) is 4. The lowest BCUT2D eigenvalue weighted by atomic mass is 9.98. The van der Waals surface area contributed by atoms with Crippen LogP contribution < -0.4 is 0 Å². The molecule has 0 atom stereocenters. The number of aromatic carboxylic acids is 1. The van der Waals surface area contributed by atoms with Crippen LogP contribution in [0.5, 0.6) is 0 Å². The molecule has 152 valence electrons. The van der Waals surface area contributed by atoms with Crippen molar-refractivity contribution < 1.29 is 19.5 Å². The van der Waals surface area contributed by atoms with Crippen molar-refractivity contribution in [3.8, 4) is 11.1 Å². The molecule has 0 unspecified atom stereocenters. The van der Waals surface area contributed by atoms with Gasteiger partial charge in [0.1, 0.15) is 0 Å². The number of carbonyl (C=O) groups is 2. The second kappa shape index (κ2) is 8.47. The number of amidine groups is 1. The fourth-order valence-corrected chi connectivity index (χ4v) is 3.27. The summed E-state index contributed by atoms with van der Waals surface area (Å²) < 4.78 is 0. The van der Waals surface area contributed by atoms with Crippen molar-refractivity contribution in [2.75, 3.05) is 0 Å². The minimum absolute atomic E-state index is 0.112. The highest BCUT2D eigenvalue weighted by molar-refractivity contribution is 6.02. The third-order valence-corrected chi connectivity index (χ3v) is 4.97. The summed E-state index contributed by atoms with van der Waals surface area (Å²) in [5, 5.41) is 13.6. The van der Waals surface area contributed by atoms with Gasteiger partial charge >= 0.3 is 5.97 Å². The highest BCUT2D eigenvalue weighted by Gasteiger charge is 2.40. The van der Waals surface area contributed by atoms with Crippen molar-refractivity contribution in [1.29, 1.82) is 0 Å². The number of benzene rings is 2. The molecule has 6 heteroatoms. The molecule has 2 aromatic carbocycles. The molecule has 0 aromatic heterocycles. The highest BCUT2D eigenvalue weighted by Crippen LogP contribution is 2.26. The van der Waals surface area contributed by atoms with Crippen molar-refractivity contribution in [1.82, 2.24) is 4.90 Å². The van der Waals surface area contributed by atoms with Gasteiger partial charge in [-0.25, -0.2) is 4.79 Å². The van der Waals surface area contributed by atoms with Gasteiger partial charge in [-0.3, -0.25) is 9.69 Å². The summed E-state index contributed by atoms with van der Waals surface area (Å²) in [5.74, 6) is -0.419. The van der Waals surface area contributed by atoms with Gasteiger partial charge in [-0.15, -0.1) is 0 Å². The minimum atomic E-state index is -0.990. The van der Waals surface area contributed by atoms with E-state index in [1.807, 2.05) is 30.3 Å². The monoisotopic (exact) mass is 394 g/mol. The lowest BCUT2D eigenvalue weighted by Crippen LogP contribution is -2.52. The Morgan fingerprint density at radius 2 is 1.83 bits per heavy atom. The molecule has 0 aliphatic carbocycles. The molecule has 0 fully saturated rings. The summed E-state index contributed by atoms with van der Waals surface area (Å²) in [7, 11) is 0. The normalized spacial score (nSPS) is 15.6. The van der Waals surface area contributed by atoms with Crippen LogP contribution in [0.15, 0.2) is 53.7 Å². The van der Waals surface area contributed by atoms with E-state index < -0.39 is 11.6 Å². The van der Waals surface area contributed by atoms with Crippen molar-refractivity contribution in [3.63, 3.8) is 0 Å². The number of rotatable bonds is 7. The van der Waals surface area contributed by atoms with Gasteiger partial charge in [-0.05, 0) is 43.0 Å². The number of nitrogens with zero attached hydrogens (tertiary/aromatic N) is 2.